The van der Waals surface area contributed by atoms with E-state index in [1.54, 1.807) is 36.4 Å². The van der Waals surface area contributed by atoms with E-state index in [4.69, 9.17) is 21.1 Å². The molecule has 1 amide bonds. The van der Waals surface area contributed by atoms with Gasteiger partial charge in [-0.05, 0) is 85.6 Å². The van der Waals surface area contributed by atoms with Crippen molar-refractivity contribution in [2.24, 2.45) is 0 Å². The van der Waals surface area contributed by atoms with Crippen molar-refractivity contribution in [3.63, 3.8) is 0 Å². The Bertz CT molecular complexity index is 1210. The first-order valence-corrected chi connectivity index (χ1v) is 12.4. The van der Waals surface area contributed by atoms with Crippen LogP contribution in [0.1, 0.15) is 11.1 Å². The van der Waals surface area contributed by atoms with E-state index in [-0.39, 0.29) is 18.0 Å². The lowest BCUT2D eigenvalue weighted by Crippen LogP contribution is -2.41. The van der Waals surface area contributed by atoms with Crippen LogP contribution in [-0.4, -0.2) is 41.1 Å². The molecule has 3 rings (SSSR count). The molecule has 7 nitrogen and oxygen atoms in total. The molecular formula is C25H27ClN2O5S. The number of methoxy groups -OCH3 is 1. The first-order valence-electron chi connectivity index (χ1n) is 10.6. The van der Waals surface area contributed by atoms with Crippen molar-refractivity contribution in [1.82, 2.24) is 5.32 Å². The van der Waals surface area contributed by atoms with Gasteiger partial charge in [-0.3, -0.25) is 9.10 Å². The van der Waals surface area contributed by atoms with Gasteiger partial charge in [-0.2, -0.15) is 0 Å². The number of nitrogens with zero attached hydrogens (tertiary/aromatic N) is 1. The Hall–Kier alpha value is -3.23. The summed E-state index contributed by atoms with van der Waals surface area (Å²) in [6, 6.07) is 18.1. The first-order chi connectivity index (χ1) is 16.2. The Morgan fingerprint density at radius 3 is 2.15 bits per heavy atom. The summed E-state index contributed by atoms with van der Waals surface area (Å²) in [6.07, 6.45) is 0. The molecule has 3 aromatic carbocycles. The van der Waals surface area contributed by atoms with Crippen LogP contribution in [-0.2, 0) is 14.8 Å². The number of sulfonamides is 1. The summed E-state index contributed by atoms with van der Waals surface area (Å²) in [4.78, 5) is 12.7. The molecule has 0 bridgehead atoms. The van der Waals surface area contributed by atoms with E-state index in [0.29, 0.717) is 16.5 Å². The van der Waals surface area contributed by atoms with Crippen molar-refractivity contribution in [2.45, 2.75) is 18.7 Å². The molecule has 0 spiro atoms. The number of hydrogen-bond donors (Lipinski definition) is 1. The van der Waals surface area contributed by atoms with Gasteiger partial charge in [0.2, 0.25) is 5.91 Å². The molecule has 0 aromatic heterocycles. The van der Waals surface area contributed by atoms with Crippen molar-refractivity contribution >= 4 is 33.2 Å². The second kappa shape index (κ2) is 11.3. The van der Waals surface area contributed by atoms with Crippen LogP contribution in [0, 0.1) is 13.8 Å². The molecule has 0 radical (unpaired) electrons. The Morgan fingerprint density at radius 1 is 0.941 bits per heavy atom. The number of rotatable bonds is 10. The largest absolute Gasteiger partial charge is 0.497 e. The maximum absolute atomic E-state index is 13.4. The van der Waals surface area contributed by atoms with E-state index in [1.165, 1.54) is 19.2 Å². The number of carbonyl (C=O) groups excluding carboxylic acids is 1. The fraction of sp³-hybridized carbons (Fsp3) is 0.240. The standard InChI is InChI=1S/C25H27ClN2O5S/c1-18-14-19(2)16-23(15-18)33-13-12-27-25(29)17-28(21-6-4-20(26)5-7-21)34(30,31)24-10-8-22(32-3)9-11-24/h4-11,14-16H,12-13,17H2,1-3H3,(H,27,29). The molecule has 0 atom stereocenters. The molecule has 0 fully saturated rings. The van der Waals surface area contributed by atoms with Gasteiger partial charge in [-0.1, -0.05) is 17.7 Å². The highest BCUT2D eigenvalue weighted by molar-refractivity contribution is 7.92. The van der Waals surface area contributed by atoms with Crippen LogP contribution in [0.3, 0.4) is 0 Å². The maximum atomic E-state index is 13.4. The second-order valence-corrected chi connectivity index (χ2v) is 9.98. The van der Waals surface area contributed by atoms with Crippen LogP contribution < -0.4 is 19.1 Å². The monoisotopic (exact) mass is 502 g/mol. The molecule has 0 saturated carbocycles. The summed E-state index contributed by atoms with van der Waals surface area (Å²) in [5.41, 5.74) is 2.49. The smallest absolute Gasteiger partial charge is 0.264 e. The van der Waals surface area contributed by atoms with Crippen LogP contribution in [0.25, 0.3) is 0 Å². The van der Waals surface area contributed by atoms with Gasteiger partial charge >= 0.3 is 0 Å². The highest BCUT2D eigenvalue weighted by Crippen LogP contribution is 2.26. The zero-order valence-corrected chi connectivity index (χ0v) is 20.8. The summed E-state index contributed by atoms with van der Waals surface area (Å²) in [7, 11) is -2.53. The molecule has 0 aliphatic carbocycles. The van der Waals surface area contributed by atoms with E-state index < -0.39 is 22.5 Å². The van der Waals surface area contributed by atoms with Crippen LogP contribution in [0.15, 0.2) is 71.6 Å². The summed E-state index contributed by atoms with van der Waals surface area (Å²) in [5.74, 6) is 0.784. The number of carbonyl (C=O) groups is 1. The zero-order valence-electron chi connectivity index (χ0n) is 19.2. The van der Waals surface area contributed by atoms with Gasteiger partial charge in [0, 0.05) is 5.02 Å². The van der Waals surface area contributed by atoms with Crippen molar-refractivity contribution in [1.29, 1.82) is 0 Å². The molecule has 9 heteroatoms. The van der Waals surface area contributed by atoms with Gasteiger partial charge in [-0.25, -0.2) is 8.42 Å². The predicted octanol–water partition coefficient (Wildman–Crippen LogP) is 4.36. The molecule has 0 aliphatic heterocycles. The quantitative estimate of drug-likeness (QED) is 0.416. The third-order valence-electron chi connectivity index (χ3n) is 4.94. The molecular weight excluding hydrogens is 476 g/mol. The predicted molar refractivity (Wildman–Crippen MR) is 133 cm³/mol. The highest BCUT2D eigenvalue weighted by atomic mass is 35.5. The summed E-state index contributed by atoms with van der Waals surface area (Å²) in [5, 5.41) is 3.18. The number of anilines is 1. The molecule has 0 unspecified atom stereocenters. The summed E-state index contributed by atoms with van der Waals surface area (Å²) < 4.78 is 38.6. The minimum atomic E-state index is -4.03. The van der Waals surface area contributed by atoms with Crippen molar-refractivity contribution in [3.05, 3.63) is 82.9 Å². The fourth-order valence-electron chi connectivity index (χ4n) is 3.36. The highest BCUT2D eigenvalue weighted by Gasteiger charge is 2.27. The lowest BCUT2D eigenvalue weighted by Gasteiger charge is -2.24. The minimum Gasteiger partial charge on any atom is -0.497 e. The lowest BCUT2D eigenvalue weighted by molar-refractivity contribution is -0.119. The van der Waals surface area contributed by atoms with E-state index in [0.717, 1.165) is 21.2 Å². The lowest BCUT2D eigenvalue weighted by atomic mass is 10.1. The molecule has 34 heavy (non-hydrogen) atoms. The number of aryl methyl sites for hydroxylation is 2. The SMILES string of the molecule is COc1ccc(S(=O)(=O)N(CC(=O)NCCOc2cc(C)cc(C)c2)c2ccc(Cl)cc2)cc1. The molecule has 180 valence electrons. The Kier molecular flexibility index (Phi) is 8.41. The van der Waals surface area contributed by atoms with Gasteiger partial charge < -0.3 is 14.8 Å². The van der Waals surface area contributed by atoms with Crippen molar-refractivity contribution < 1.29 is 22.7 Å². The minimum absolute atomic E-state index is 0.0363. The Labute approximate surface area is 205 Å². The Balaban J connectivity index is 1.70. The van der Waals surface area contributed by atoms with Crippen LogP contribution in [0.5, 0.6) is 11.5 Å². The van der Waals surface area contributed by atoms with Crippen molar-refractivity contribution in [3.8, 4) is 11.5 Å². The van der Waals surface area contributed by atoms with E-state index in [1.807, 2.05) is 32.0 Å². The fourth-order valence-corrected chi connectivity index (χ4v) is 4.91. The number of nitrogens with one attached hydrogen (secondary N) is 1. The molecule has 0 heterocycles. The average molecular weight is 503 g/mol. The topological polar surface area (TPSA) is 84.9 Å². The van der Waals surface area contributed by atoms with Crippen molar-refractivity contribution in [2.75, 3.05) is 31.1 Å². The van der Waals surface area contributed by atoms with Gasteiger partial charge in [0.25, 0.3) is 10.0 Å². The second-order valence-electron chi connectivity index (χ2n) is 7.69. The molecule has 0 saturated heterocycles. The third-order valence-corrected chi connectivity index (χ3v) is 6.98. The first kappa shape index (κ1) is 25.4. The third kappa shape index (κ3) is 6.65. The van der Waals surface area contributed by atoms with Gasteiger partial charge in [0.05, 0.1) is 24.2 Å². The summed E-state index contributed by atoms with van der Waals surface area (Å²) in [6.45, 7) is 4.04. The zero-order chi connectivity index (χ0) is 24.7. The number of ether oxygens (including phenoxy) is 2. The normalized spacial score (nSPS) is 11.1. The van der Waals surface area contributed by atoms with Crippen LogP contribution in [0.4, 0.5) is 5.69 Å². The maximum Gasteiger partial charge on any atom is 0.264 e. The van der Waals surface area contributed by atoms with E-state index >= 15 is 0 Å². The van der Waals surface area contributed by atoms with E-state index in [2.05, 4.69) is 5.32 Å². The van der Waals surface area contributed by atoms with E-state index in [9.17, 15) is 13.2 Å². The summed E-state index contributed by atoms with van der Waals surface area (Å²) >= 11 is 5.97. The number of halogens is 1. The average Bonchev–Trinajstić information content (AvgIpc) is 2.80. The molecule has 3 aromatic rings. The van der Waals surface area contributed by atoms with Gasteiger partial charge in [0.1, 0.15) is 24.7 Å². The molecule has 1 N–H and O–H groups in total. The Morgan fingerprint density at radius 2 is 1.56 bits per heavy atom. The van der Waals surface area contributed by atoms with Crippen LogP contribution >= 0.6 is 11.6 Å². The van der Waals surface area contributed by atoms with Gasteiger partial charge in [0.15, 0.2) is 0 Å². The molecule has 0 aliphatic rings. The number of hydrogen-bond acceptors (Lipinski definition) is 5. The number of amides is 1. The van der Waals surface area contributed by atoms with Gasteiger partial charge in [-0.15, -0.1) is 0 Å². The number of benzene rings is 3. The van der Waals surface area contributed by atoms with Crippen LogP contribution in [0.2, 0.25) is 5.02 Å².